The van der Waals surface area contributed by atoms with Gasteiger partial charge >= 0.3 is 7.82 Å². The van der Waals surface area contributed by atoms with E-state index in [9.17, 15) is 4.57 Å². The van der Waals surface area contributed by atoms with E-state index in [0.29, 0.717) is 23.0 Å². The molecule has 35 heavy (non-hydrogen) atoms. The standard InChI is InChI=1S/C26H37O8P/c1-25(2,3)33-35(27,34-26(4,5)6)32-21-15-18(13-14-20(21)28-7)11-12-19-16-22(29-8)24(31-10)23(17-19)30-9/h11-17H,1-10H3. The van der Waals surface area contributed by atoms with Crippen molar-refractivity contribution in [2.45, 2.75) is 52.7 Å². The molecule has 2 aromatic carbocycles. The van der Waals surface area contributed by atoms with Crippen molar-refractivity contribution in [1.29, 1.82) is 0 Å². The molecule has 0 amide bonds. The fourth-order valence-electron chi connectivity index (χ4n) is 3.11. The van der Waals surface area contributed by atoms with E-state index in [2.05, 4.69) is 0 Å². The van der Waals surface area contributed by atoms with E-state index >= 15 is 0 Å². The normalized spacial score (nSPS) is 12.5. The minimum atomic E-state index is -4.00. The van der Waals surface area contributed by atoms with Crippen molar-refractivity contribution in [1.82, 2.24) is 0 Å². The Bertz CT molecular complexity index is 1030. The van der Waals surface area contributed by atoms with E-state index < -0.39 is 19.0 Å². The monoisotopic (exact) mass is 508 g/mol. The molecule has 0 saturated carbocycles. The first-order chi connectivity index (χ1) is 16.2. The molecule has 0 aromatic heterocycles. The summed E-state index contributed by atoms with van der Waals surface area (Å²) in [4.78, 5) is 0. The van der Waals surface area contributed by atoms with Crippen molar-refractivity contribution in [3.63, 3.8) is 0 Å². The van der Waals surface area contributed by atoms with Crippen molar-refractivity contribution in [2.75, 3.05) is 28.4 Å². The quantitative estimate of drug-likeness (QED) is 0.250. The molecule has 0 heterocycles. The molecule has 0 spiro atoms. The lowest BCUT2D eigenvalue weighted by Crippen LogP contribution is -2.25. The van der Waals surface area contributed by atoms with Crippen molar-refractivity contribution >= 4 is 20.0 Å². The molecule has 2 rings (SSSR count). The number of hydrogen-bond acceptors (Lipinski definition) is 8. The summed E-state index contributed by atoms with van der Waals surface area (Å²) in [5.74, 6) is 2.23. The summed E-state index contributed by atoms with van der Waals surface area (Å²) in [5.41, 5.74) is 0.0685. The van der Waals surface area contributed by atoms with Crippen LogP contribution in [0.4, 0.5) is 0 Å². The van der Waals surface area contributed by atoms with Gasteiger partial charge in [-0.25, -0.2) is 4.57 Å². The Labute approximate surface area is 208 Å². The number of phosphoric acid groups is 1. The van der Waals surface area contributed by atoms with Crippen molar-refractivity contribution < 1.29 is 37.1 Å². The lowest BCUT2D eigenvalue weighted by molar-refractivity contribution is 0.0220. The Morgan fingerprint density at radius 3 is 1.51 bits per heavy atom. The van der Waals surface area contributed by atoms with Gasteiger partial charge in [0.05, 0.1) is 39.6 Å². The van der Waals surface area contributed by atoms with Crippen LogP contribution in [-0.4, -0.2) is 39.6 Å². The second kappa shape index (κ2) is 11.4. The summed E-state index contributed by atoms with van der Waals surface area (Å²) in [7, 11) is 2.19. The van der Waals surface area contributed by atoms with E-state index in [1.807, 2.05) is 30.4 Å². The number of hydrogen-bond donors (Lipinski definition) is 0. The van der Waals surface area contributed by atoms with Crippen LogP contribution >= 0.6 is 7.82 Å². The maximum absolute atomic E-state index is 13.6. The van der Waals surface area contributed by atoms with Gasteiger partial charge in [0.25, 0.3) is 0 Å². The van der Waals surface area contributed by atoms with Gasteiger partial charge in [-0.2, -0.15) is 0 Å². The summed E-state index contributed by atoms with van der Waals surface area (Å²) in [6.45, 7) is 10.7. The zero-order valence-corrected chi connectivity index (χ0v) is 23.1. The minimum Gasteiger partial charge on any atom is -0.493 e. The molecule has 194 valence electrons. The molecule has 2 aromatic rings. The summed E-state index contributed by atoms with van der Waals surface area (Å²) in [6.07, 6.45) is 3.75. The molecule has 0 bridgehead atoms. The third-order valence-electron chi connectivity index (χ3n) is 4.32. The second-order valence-electron chi connectivity index (χ2n) is 9.65. The van der Waals surface area contributed by atoms with Gasteiger partial charge in [0.2, 0.25) is 5.75 Å². The zero-order valence-electron chi connectivity index (χ0n) is 22.3. The van der Waals surface area contributed by atoms with Crippen LogP contribution < -0.4 is 23.5 Å². The van der Waals surface area contributed by atoms with Gasteiger partial charge in [0.1, 0.15) is 0 Å². The van der Waals surface area contributed by atoms with Gasteiger partial charge in [0.15, 0.2) is 23.0 Å². The lowest BCUT2D eigenvalue weighted by atomic mass is 10.1. The Morgan fingerprint density at radius 1 is 0.629 bits per heavy atom. The Balaban J connectivity index is 2.44. The largest absolute Gasteiger partial charge is 0.531 e. The topological polar surface area (TPSA) is 81.7 Å². The molecule has 0 fully saturated rings. The molecular weight excluding hydrogens is 471 g/mol. The molecule has 0 radical (unpaired) electrons. The van der Waals surface area contributed by atoms with Crippen LogP contribution in [-0.2, 0) is 13.6 Å². The number of phosphoric ester groups is 1. The van der Waals surface area contributed by atoms with Gasteiger partial charge in [-0.1, -0.05) is 18.2 Å². The third-order valence-corrected chi connectivity index (χ3v) is 6.29. The predicted octanol–water partition coefficient (Wildman–Crippen LogP) is 7.01. The first-order valence-corrected chi connectivity index (χ1v) is 12.6. The molecular formula is C26H37O8P. The maximum atomic E-state index is 13.6. The van der Waals surface area contributed by atoms with Crippen LogP contribution in [0.25, 0.3) is 12.2 Å². The Kier molecular flexibility index (Phi) is 9.29. The van der Waals surface area contributed by atoms with Crippen molar-refractivity contribution in [2.24, 2.45) is 0 Å². The van der Waals surface area contributed by atoms with E-state index in [1.165, 1.54) is 7.11 Å². The summed E-state index contributed by atoms with van der Waals surface area (Å²) < 4.78 is 52.6. The lowest BCUT2D eigenvalue weighted by Gasteiger charge is -2.31. The van der Waals surface area contributed by atoms with Crippen LogP contribution in [0.1, 0.15) is 52.7 Å². The van der Waals surface area contributed by atoms with E-state index in [0.717, 1.165) is 11.1 Å². The molecule has 0 aliphatic rings. The number of ether oxygens (including phenoxy) is 4. The van der Waals surface area contributed by atoms with Crippen LogP contribution in [0.5, 0.6) is 28.7 Å². The number of rotatable bonds is 10. The maximum Gasteiger partial charge on any atom is 0.531 e. The molecule has 0 aliphatic heterocycles. The molecule has 0 unspecified atom stereocenters. The van der Waals surface area contributed by atoms with Crippen LogP contribution in [0.2, 0.25) is 0 Å². The van der Waals surface area contributed by atoms with Crippen LogP contribution in [0, 0.1) is 0 Å². The summed E-state index contributed by atoms with van der Waals surface area (Å²) in [5, 5.41) is 0. The summed E-state index contributed by atoms with van der Waals surface area (Å²) in [6, 6.07) is 8.95. The van der Waals surface area contributed by atoms with Crippen LogP contribution in [0.3, 0.4) is 0 Å². The SMILES string of the molecule is COc1ccc(C=Cc2cc(OC)c(OC)c(OC)c2)cc1OP(=O)(OC(C)(C)C)OC(C)(C)C. The molecule has 0 saturated heterocycles. The van der Waals surface area contributed by atoms with Crippen LogP contribution in [0.15, 0.2) is 30.3 Å². The van der Waals surface area contributed by atoms with Gasteiger partial charge in [0, 0.05) is 0 Å². The molecule has 0 atom stereocenters. The Morgan fingerprint density at radius 2 is 1.09 bits per heavy atom. The average Bonchev–Trinajstić information content (AvgIpc) is 2.73. The van der Waals surface area contributed by atoms with Gasteiger partial charge in [-0.15, -0.1) is 0 Å². The molecule has 8 nitrogen and oxygen atoms in total. The van der Waals surface area contributed by atoms with Gasteiger partial charge in [-0.05, 0) is 76.9 Å². The van der Waals surface area contributed by atoms with E-state index in [1.54, 1.807) is 75.0 Å². The van der Waals surface area contributed by atoms with Crippen molar-refractivity contribution in [3.8, 4) is 28.7 Å². The fourth-order valence-corrected chi connectivity index (χ4v) is 4.94. The highest BCUT2D eigenvalue weighted by molar-refractivity contribution is 7.49. The highest BCUT2D eigenvalue weighted by atomic mass is 31.2. The number of benzene rings is 2. The fraction of sp³-hybridized carbons (Fsp3) is 0.462. The second-order valence-corrected chi connectivity index (χ2v) is 11.1. The number of methoxy groups -OCH3 is 4. The first kappa shape index (κ1) is 28.6. The molecule has 0 aliphatic carbocycles. The van der Waals surface area contributed by atoms with Crippen molar-refractivity contribution in [3.05, 3.63) is 41.5 Å². The summed E-state index contributed by atoms with van der Waals surface area (Å²) >= 11 is 0. The van der Waals surface area contributed by atoms with E-state index in [4.69, 9.17) is 32.5 Å². The highest BCUT2D eigenvalue weighted by Crippen LogP contribution is 2.56. The zero-order chi connectivity index (χ0) is 26.4. The molecule has 9 heteroatoms. The first-order valence-electron chi connectivity index (χ1n) is 11.1. The highest BCUT2D eigenvalue weighted by Gasteiger charge is 2.39. The minimum absolute atomic E-state index is 0.233. The average molecular weight is 509 g/mol. The Hall–Kier alpha value is -2.67. The van der Waals surface area contributed by atoms with E-state index in [-0.39, 0.29) is 5.75 Å². The van der Waals surface area contributed by atoms with Gasteiger partial charge in [-0.3, -0.25) is 9.05 Å². The molecule has 0 N–H and O–H groups in total. The van der Waals surface area contributed by atoms with Gasteiger partial charge < -0.3 is 23.5 Å². The third kappa shape index (κ3) is 8.49. The smallest absolute Gasteiger partial charge is 0.493 e. The predicted molar refractivity (Wildman–Crippen MR) is 138 cm³/mol.